The predicted octanol–water partition coefficient (Wildman–Crippen LogP) is 3.44. The lowest BCUT2D eigenvalue weighted by Gasteiger charge is -2.06. The van der Waals surface area contributed by atoms with Crippen molar-refractivity contribution in [3.05, 3.63) is 31.8 Å². The third-order valence-electron chi connectivity index (χ3n) is 2.97. The van der Waals surface area contributed by atoms with E-state index in [1.54, 1.807) is 0 Å². The first-order valence-electron chi connectivity index (χ1n) is 5.31. The van der Waals surface area contributed by atoms with Gasteiger partial charge in [-0.25, -0.2) is 0 Å². The quantitative estimate of drug-likeness (QED) is 0.783. The summed E-state index contributed by atoms with van der Waals surface area (Å²) in [6, 6.07) is 5.79. The molecule has 2 nitrogen and oxygen atoms in total. The number of rotatable bonds is 3. The first-order valence-corrected chi connectivity index (χ1v) is 7.18. The minimum atomic E-state index is 0.0180. The lowest BCUT2D eigenvalue weighted by Crippen LogP contribution is -2.26. The van der Waals surface area contributed by atoms with Crippen LogP contribution in [0.5, 0.6) is 0 Å². The second kappa shape index (κ2) is 5.04. The molecule has 1 saturated carbocycles. The molecule has 4 heteroatoms. The molecular weight excluding hydrogens is 381 g/mol. The molecule has 86 valence electrons. The Labute approximate surface area is 117 Å². The van der Waals surface area contributed by atoms with E-state index in [9.17, 15) is 4.79 Å². The van der Waals surface area contributed by atoms with Crippen LogP contribution in [-0.4, -0.2) is 12.5 Å². The van der Waals surface area contributed by atoms with Crippen molar-refractivity contribution in [1.82, 2.24) is 5.32 Å². The van der Waals surface area contributed by atoms with E-state index in [1.165, 1.54) is 6.42 Å². The summed E-state index contributed by atoms with van der Waals surface area (Å²) in [6.45, 7) is 3.02. The molecule has 0 bridgehead atoms. The number of benzene rings is 1. The van der Waals surface area contributed by atoms with E-state index < -0.39 is 0 Å². The third-order valence-corrected chi connectivity index (χ3v) is 4.34. The smallest absolute Gasteiger partial charge is 0.252 e. The lowest BCUT2D eigenvalue weighted by atomic mass is 10.2. The molecule has 16 heavy (non-hydrogen) atoms. The van der Waals surface area contributed by atoms with Crippen molar-refractivity contribution in [3.8, 4) is 0 Å². The van der Waals surface area contributed by atoms with E-state index in [2.05, 4.69) is 50.8 Å². The Hall–Kier alpha value is -0.100. The average Bonchev–Trinajstić information content (AvgIpc) is 2.95. The number of nitrogens with one attached hydrogen (secondary N) is 1. The van der Waals surface area contributed by atoms with Crippen molar-refractivity contribution in [2.45, 2.75) is 13.3 Å². The molecule has 1 aromatic rings. The van der Waals surface area contributed by atoms with E-state index in [1.807, 2.05) is 18.2 Å². The minimum absolute atomic E-state index is 0.0180. The molecule has 0 aromatic heterocycles. The van der Waals surface area contributed by atoms with Crippen molar-refractivity contribution in [3.63, 3.8) is 0 Å². The number of carbonyl (C=O) groups is 1. The van der Waals surface area contributed by atoms with Crippen LogP contribution >= 0.6 is 38.5 Å². The van der Waals surface area contributed by atoms with Gasteiger partial charge in [0.1, 0.15) is 0 Å². The Morgan fingerprint density at radius 1 is 1.62 bits per heavy atom. The molecule has 0 radical (unpaired) electrons. The molecule has 1 amide bonds. The zero-order valence-corrected chi connectivity index (χ0v) is 12.7. The van der Waals surface area contributed by atoms with Gasteiger partial charge in [0.25, 0.3) is 5.91 Å². The molecule has 1 aliphatic carbocycles. The fraction of sp³-hybridized carbons (Fsp3) is 0.417. The topological polar surface area (TPSA) is 29.1 Å². The van der Waals surface area contributed by atoms with Crippen molar-refractivity contribution < 1.29 is 4.79 Å². The summed E-state index contributed by atoms with van der Waals surface area (Å²) < 4.78 is 1.93. The molecule has 2 rings (SSSR count). The van der Waals surface area contributed by atoms with Crippen molar-refractivity contribution in [2.75, 3.05) is 6.54 Å². The molecule has 1 fully saturated rings. The highest BCUT2D eigenvalue weighted by Gasteiger charge is 2.32. The summed E-state index contributed by atoms with van der Waals surface area (Å²) in [7, 11) is 0. The van der Waals surface area contributed by atoms with Crippen molar-refractivity contribution in [2.24, 2.45) is 11.8 Å². The van der Waals surface area contributed by atoms with Crippen LogP contribution in [0.3, 0.4) is 0 Å². The summed E-state index contributed by atoms with van der Waals surface area (Å²) in [5.41, 5.74) is 0.722. The van der Waals surface area contributed by atoms with Gasteiger partial charge >= 0.3 is 0 Å². The highest BCUT2D eigenvalue weighted by Crippen LogP contribution is 2.36. The van der Waals surface area contributed by atoms with E-state index >= 15 is 0 Å². The van der Waals surface area contributed by atoms with Gasteiger partial charge in [0.15, 0.2) is 0 Å². The van der Waals surface area contributed by atoms with E-state index in [4.69, 9.17) is 0 Å². The van der Waals surface area contributed by atoms with Gasteiger partial charge in [-0.1, -0.05) is 6.92 Å². The van der Waals surface area contributed by atoms with Crippen LogP contribution in [0.15, 0.2) is 22.7 Å². The number of halogens is 2. The maximum atomic E-state index is 11.9. The summed E-state index contributed by atoms with van der Waals surface area (Å²) in [5, 5.41) is 2.99. The molecule has 0 saturated heterocycles. The zero-order chi connectivity index (χ0) is 11.7. The minimum Gasteiger partial charge on any atom is -0.352 e. The Kier molecular flexibility index (Phi) is 3.89. The highest BCUT2D eigenvalue weighted by molar-refractivity contribution is 14.1. The molecular formula is C12H13BrINO. The SMILES string of the molecule is CC1CC1CNC(=O)c1cc(I)ccc1Br. The van der Waals surface area contributed by atoms with Crippen LogP contribution < -0.4 is 5.32 Å². The number of carbonyl (C=O) groups excluding carboxylic acids is 1. The largest absolute Gasteiger partial charge is 0.352 e. The van der Waals surface area contributed by atoms with Crippen LogP contribution in [0.1, 0.15) is 23.7 Å². The van der Waals surface area contributed by atoms with Gasteiger partial charge in [0.05, 0.1) is 5.56 Å². The van der Waals surface area contributed by atoms with Gasteiger partial charge in [0.2, 0.25) is 0 Å². The van der Waals surface area contributed by atoms with E-state index in [0.29, 0.717) is 5.92 Å². The Bertz CT molecular complexity index is 421. The van der Waals surface area contributed by atoms with Crippen LogP contribution in [0.25, 0.3) is 0 Å². The molecule has 1 aliphatic rings. The maximum Gasteiger partial charge on any atom is 0.252 e. The first-order chi connectivity index (χ1) is 7.58. The molecule has 1 aromatic carbocycles. The predicted molar refractivity (Wildman–Crippen MR) is 76.5 cm³/mol. The Balaban J connectivity index is 1.99. The number of hydrogen-bond acceptors (Lipinski definition) is 1. The fourth-order valence-corrected chi connectivity index (χ4v) is 2.59. The van der Waals surface area contributed by atoms with E-state index in [0.717, 1.165) is 26.1 Å². The van der Waals surface area contributed by atoms with Gasteiger partial charge < -0.3 is 5.32 Å². The summed E-state index contributed by atoms with van der Waals surface area (Å²) in [5.74, 6) is 1.48. The lowest BCUT2D eigenvalue weighted by molar-refractivity contribution is 0.0950. The maximum absolute atomic E-state index is 11.9. The van der Waals surface area contributed by atoms with Gasteiger partial charge in [-0.15, -0.1) is 0 Å². The standard InChI is InChI=1S/C12H13BrINO/c1-7-4-8(7)6-15-12(16)10-5-9(14)2-3-11(10)13/h2-3,5,7-8H,4,6H2,1H3,(H,15,16). The molecule has 0 aliphatic heterocycles. The zero-order valence-electron chi connectivity index (χ0n) is 8.97. The Morgan fingerprint density at radius 3 is 2.94 bits per heavy atom. The fourth-order valence-electron chi connectivity index (χ4n) is 1.67. The monoisotopic (exact) mass is 393 g/mol. The van der Waals surface area contributed by atoms with Gasteiger partial charge in [-0.3, -0.25) is 4.79 Å². The summed E-state index contributed by atoms with van der Waals surface area (Å²) >= 11 is 5.61. The van der Waals surface area contributed by atoms with Gasteiger partial charge in [0, 0.05) is 14.6 Å². The molecule has 2 unspecified atom stereocenters. The molecule has 1 N–H and O–H groups in total. The van der Waals surface area contributed by atoms with Crippen LogP contribution in [0.2, 0.25) is 0 Å². The van der Waals surface area contributed by atoms with Crippen molar-refractivity contribution >= 4 is 44.4 Å². The van der Waals surface area contributed by atoms with Crippen molar-refractivity contribution in [1.29, 1.82) is 0 Å². The number of hydrogen-bond donors (Lipinski definition) is 1. The Morgan fingerprint density at radius 2 is 2.31 bits per heavy atom. The van der Waals surface area contributed by atoms with E-state index in [-0.39, 0.29) is 5.91 Å². The van der Waals surface area contributed by atoms with Crippen LogP contribution in [-0.2, 0) is 0 Å². The highest BCUT2D eigenvalue weighted by atomic mass is 127. The molecule has 0 heterocycles. The normalized spacial score (nSPS) is 22.9. The third kappa shape index (κ3) is 2.97. The molecule has 0 spiro atoms. The van der Waals surface area contributed by atoms with Crippen LogP contribution in [0, 0.1) is 15.4 Å². The van der Waals surface area contributed by atoms with Gasteiger partial charge in [-0.2, -0.15) is 0 Å². The second-order valence-electron chi connectivity index (χ2n) is 4.31. The summed E-state index contributed by atoms with van der Waals surface area (Å²) in [6.07, 6.45) is 1.24. The second-order valence-corrected chi connectivity index (χ2v) is 6.41. The summed E-state index contributed by atoms with van der Waals surface area (Å²) in [4.78, 5) is 11.9. The van der Waals surface area contributed by atoms with Crippen LogP contribution in [0.4, 0.5) is 0 Å². The first kappa shape index (κ1) is 12.4. The molecule has 2 atom stereocenters. The average molecular weight is 394 g/mol. The van der Waals surface area contributed by atoms with Gasteiger partial charge in [-0.05, 0) is 75.0 Å². The number of amides is 1.